The number of methoxy groups -OCH3 is 1. The van der Waals surface area contributed by atoms with Crippen LogP contribution in [-0.2, 0) is 17.8 Å². The van der Waals surface area contributed by atoms with Crippen molar-refractivity contribution >= 4 is 29.9 Å². The molecule has 2 aliphatic rings. The van der Waals surface area contributed by atoms with E-state index in [2.05, 4.69) is 49.7 Å². The lowest BCUT2D eigenvalue weighted by atomic mass is 10.1. The van der Waals surface area contributed by atoms with E-state index in [4.69, 9.17) is 4.74 Å². The fourth-order valence-corrected chi connectivity index (χ4v) is 4.41. The molecular formula is C24H42IN5O2. The van der Waals surface area contributed by atoms with Crippen molar-refractivity contribution < 1.29 is 9.84 Å². The van der Waals surface area contributed by atoms with Crippen molar-refractivity contribution in [3.8, 4) is 0 Å². The van der Waals surface area contributed by atoms with E-state index in [-0.39, 0.29) is 30.1 Å². The molecule has 2 heterocycles. The summed E-state index contributed by atoms with van der Waals surface area (Å²) in [6.07, 6.45) is 5.08. The maximum absolute atomic E-state index is 9.65. The molecule has 1 aromatic rings. The third-order valence-electron chi connectivity index (χ3n) is 6.42. The summed E-state index contributed by atoms with van der Waals surface area (Å²) in [5.74, 6) is 0.883. The minimum Gasteiger partial charge on any atom is -0.393 e. The molecule has 2 saturated heterocycles. The summed E-state index contributed by atoms with van der Waals surface area (Å²) in [4.78, 5) is 9.37. The Morgan fingerprint density at radius 1 is 1.03 bits per heavy atom. The van der Waals surface area contributed by atoms with Gasteiger partial charge >= 0.3 is 0 Å². The van der Waals surface area contributed by atoms with Crippen LogP contribution in [0, 0.1) is 0 Å². The summed E-state index contributed by atoms with van der Waals surface area (Å²) >= 11 is 0. The molecule has 0 spiro atoms. The number of piperidine rings is 2. The van der Waals surface area contributed by atoms with Crippen molar-refractivity contribution in [2.75, 3.05) is 53.5 Å². The van der Waals surface area contributed by atoms with E-state index in [1.165, 1.54) is 11.1 Å². The SMILES string of the molecule is CN=C(NCc1ccc(CN2CCC(O)CC2)cc1)NC1CCN(CCCOC)CC1.I. The van der Waals surface area contributed by atoms with Gasteiger partial charge in [-0.25, -0.2) is 0 Å². The molecule has 3 rings (SSSR count). The van der Waals surface area contributed by atoms with Gasteiger partial charge in [-0.15, -0.1) is 24.0 Å². The minimum absolute atomic E-state index is 0. The number of aliphatic hydroxyl groups is 1. The van der Waals surface area contributed by atoms with Crippen molar-refractivity contribution in [1.29, 1.82) is 0 Å². The predicted octanol–water partition coefficient (Wildman–Crippen LogP) is 2.43. The average Bonchev–Trinajstić information content (AvgIpc) is 2.80. The molecule has 0 atom stereocenters. The summed E-state index contributed by atoms with van der Waals surface area (Å²) in [5, 5.41) is 16.7. The first-order valence-corrected chi connectivity index (χ1v) is 11.8. The Labute approximate surface area is 211 Å². The Bertz CT molecular complexity index is 657. The van der Waals surface area contributed by atoms with Crippen LogP contribution in [0.3, 0.4) is 0 Å². The molecule has 0 radical (unpaired) electrons. The lowest BCUT2D eigenvalue weighted by molar-refractivity contribution is 0.0792. The molecular weight excluding hydrogens is 517 g/mol. The Balaban J connectivity index is 0.00000363. The number of rotatable bonds is 9. The molecule has 182 valence electrons. The van der Waals surface area contributed by atoms with Crippen LogP contribution in [0.15, 0.2) is 29.3 Å². The minimum atomic E-state index is -0.110. The highest BCUT2D eigenvalue weighted by Crippen LogP contribution is 2.14. The van der Waals surface area contributed by atoms with Crippen molar-refractivity contribution in [1.82, 2.24) is 20.4 Å². The maximum Gasteiger partial charge on any atom is 0.191 e. The number of benzene rings is 1. The Morgan fingerprint density at radius 2 is 1.66 bits per heavy atom. The van der Waals surface area contributed by atoms with Crippen LogP contribution in [0.25, 0.3) is 0 Å². The Kier molecular flexibility index (Phi) is 12.8. The number of likely N-dealkylation sites (tertiary alicyclic amines) is 2. The second-order valence-corrected chi connectivity index (χ2v) is 8.86. The molecule has 0 saturated carbocycles. The molecule has 8 heteroatoms. The standard InChI is InChI=1S/C24H41N5O2.HI/c1-25-24(27-22-8-13-28(14-9-22)12-3-17-31-2)26-18-20-4-6-21(7-5-20)19-29-15-10-23(30)11-16-29;/h4-7,22-23,30H,3,8-19H2,1-2H3,(H2,25,26,27);1H. The van der Waals surface area contributed by atoms with Crippen LogP contribution < -0.4 is 10.6 Å². The van der Waals surface area contributed by atoms with Gasteiger partial charge in [-0.05, 0) is 43.2 Å². The second-order valence-electron chi connectivity index (χ2n) is 8.86. The van der Waals surface area contributed by atoms with Gasteiger partial charge in [0.05, 0.1) is 6.10 Å². The van der Waals surface area contributed by atoms with E-state index in [0.29, 0.717) is 6.04 Å². The Morgan fingerprint density at radius 3 is 2.28 bits per heavy atom. The van der Waals surface area contributed by atoms with Crippen LogP contribution in [0.4, 0.5) is 0 Å². The summed E-state index contributed by atoms with van der Waals surface area (Å²) in [6, 6.07) is 9.32. The summed E-state index contributed by atoms with van der Waals surface area (Å²) in [7, 11) is 3.61. The van der Waals surface area contributed by atoms with Crippen LogP contribution in [0.1, 0.15) is 43.2 Å². The first-order chi connectivity index (χ1) is 15.2. The topological polar surface area (TPSA) is 72.4 Å². The number of hydrogen-bond donors (Lipinski definition) is 3. The zero-order valence-electron chi connectivity index (χ0n) is 19.8. The number of guanidine groups is 1. The van der Waals surface area contributed by atoms with Crippen LogP contribution >= 0.6 is 24.0 Å². The van der Waals surface area contributed by atoms with Gasteiger partial charge in [0.15, 0.2) is 5.96 Å². The number of nitrogens with zero attached hydrogens (tertiary/aromatic N) is 3. The van der Waals surface area contributed by atoms with E-state index in [1.54, 1.807) is 7.11 Å². The van der Waals surface area contributed by atoms with E-state index < -0.39 is 0 Å². The van der Waals surface area contributed by atoms with Gasteiger partial charge in [-0.1, -0.05) is 24.3 Å². The number of hydrogen-bond acceptors (Lipinski definition) is 5. The highest BCUT2D eigenvalue weighted by molar-refractivity contribution is 14.0. The van der Waals surface area contributed by atoms with Gasteiger partial charge in [-0.3, -0.25) is 9.89 Å². The van der Waals surface area contributed by atoms with E-state index in [0.717, 1.165) is 90.5 Å². The first kappa shape index (κ1) is 27.3. The third kappa shape index (κ3) is 9.51. The molecule has 3 N–H and O–H groups in total. The molecule has 0 bridgehead atoms. The van der Waals surface area contributed by atoms with E-state index in [1.807, 2.05) is 7.05 Å². The fourth-order valence-electron chi connectivity index (χ4n) is 4.41. The smallest absolute Gasteiger partial charge is 0.191 e. The van der Waals surface area contributed by atoms with Crippen molar-refractivity contribution in [2.24, 2.45) is 4.99 Å². The Hall–Kier alpha value is -0.940. The highest BCUT2D eigenvalue weighted by atomic mass is 127. The van der Waals surface area contributed by atoms with Gasteiger partial charge in [0.2, 0.25) is 0 Å². The second kappa shape index (κ2) is 15.1. The van der Waals surface area contributed by atoms with Crippen LogP contribution in [0.5, 0.6) is 0 Å². The van der Waals surface area contributed by atoms with Gasteiger partial charge < -0.3 is 25.4 Å². The zero-order valence-corrected chi connectivity index (χ0v) is 22.1. The molecule has 0 unspecified atom stereocenters. The molecule has 2 fully saturated rings. The zero-order chi connectivity index (χ0) is 21.9. The number of ether oxygens (including phenoxy) is 1. The number of halogens is 1. The molecule has 0 amide bonds. The number of aliphatic imine (C=N–C) groups is 1. The molecule has 32 heavy (non-hydrogen) atoms. The molecule has 7 nitrogen and oxygen atoms in total. The van der Waals surface area contributed by atoms with Gasteiger partial charge in [0, 0.05) is 72.6 Å². The number of nitrogens with one attached hydrogen (secondary N) is 2. The molecule has 1 aromatic carbocycles. The molecule has 0 aliphatic carbocycles. The van der Waals surface area contributed by atoms with Crippen molar-refractivity contribution in [3.63, 3.8) is 0 Å². The normalized spacial score (nSPS) is 19.5. The van der Waals surface area contributed by atoms with E-state index in [9.17, 15) is 5.11 Å². The molecule has 0 aromatic heterocycles. The monoisotopic (exact) mass is 559 g/mol. The fraction of sp³-hybridized carbons (Fsp3) is 0.708. The summed E-state index contributed by atoms with van der Waals surface area (Å²) in [5.41, 5.74) is 2.59. The lowest BCUT2D eigenvalue weighted by Crippen LogP contribution is -2.48. The first-order valence-electron chi connectivity index (χ1n) is 11.8. The van der Waals surface area contributed by atoms with Gasteiger partial charge in [-0.2, -0.15) is 0 Å². The summed E-state index contributed by atoms with van der Waals surface area (Å²) in [6.45, 7) is 7.95. The summed E-state index contributed by atoms with van der Waals surface area (Å²) < 4.78 is 5.16. The van der Waals surface area contributed by atoms with Gasteiger partial charge in [0.1, 0.15) is 0 Å². The average molecular weight is 560 g/mol. The predicted molar refractivity (Wildman–Crippen MR) is 142 cm³/mol. The van der Waals surface area contributed by atoms with Crippen molar-refractivity contribution in [3.05, 3.63) is 35.4 Å². The third-order valence-corrected chi connectivity index (χ3v) is 6.42. The molecule has 2 aliphatic heterocycles. The van der Waals surface area contributed by atoms with Crippen LogP contribution in [-0.4, -0.2) is 86.5 Å². The quantitative estimate of drug-likeness (QED) is 0.187. The highest BCUT2D eigenvalue weighted by Gasteiger charge is 2.20. The van der Waals surface area contributed by atoms with Crippen LogP contribution in [0.2, 0.25) is 0 Å². The largest absolute Gasteiger partial charge is 0.393 e. The number of aliphatic hydroxyl groups excluding tert-OH is 1. The van der Waals surface area contributed by atoms with Crippen molar-refractivity contribution in [2.45, 2.75) is 57.3 Å². The van der Waals surface area contributed by atoms with E-state index >= 15 is 0 Å². The lowest BCUT2D eigenvalue weighted by Gasteiger charge is -2.33. The van der Waals surface area contributed by atoms with Gasteiger partial charge in [0.25, 0.3) is 0 Å². The maximum atomic E-state index is 9.65.